The highest BCUT2D eigenvalue weighted by Gasteiger charge is 2.05. The third-order valence-electron chi connectivity index (χ3n) is 2.23. The second-order valence-corrected chi connectivity index (χ2v) is 3.92. The minimum Gasteiger partial charge on any atom is -0.398 e. The van der Waals surface area contributed by atoms with Crippen LogP contribution >= 0.6 is 11.3 Å². The molecule has 4 heteroatoms. The number of fused-ring (bicyclic) bond motifs is 3. The summed E-state index contributed by atoms with van der Waals surface area (Å²) >= 11 is 1.60. The lowest BCUT2D eigenvalue weighted by molar-refractivity contribution is 1.42. The van der Waals surface area contributed by atoms with E-state index in [0.29, 0.717) is 0 Å². The average molecular weight is 201 g/mol. The van der Waals surface area contributed by atoms with Gasteiger partial charge in [-0.15, -0.1) is 11.3 Å². The molecule has 0 aliphatic heterocycles. The van der Waals surface area contributed by atoms with E-state index in [-0.39, 0.29) is 0 Å². The predicted octanol–water partition coefficient (Wildman–Crippen LogP) is 2.43. The van der Waals surface area contributed by atoms with E-state index in [2.05, 4.69) is 9.97 Å². The highest BCUT2D eigenvalue weighted by Crippen LogP contribution is 2.30. The number of thiazole rings is 1. The van der Waals surface area contributed by atoms with E-state index in [4.69, 9.17) is 5.73 Å². The molecule has 0 fully saturated rings. The molecule has 0 bridgehead atoms. The summed E-state index contributed by atoms with van der Waals surface area (Å²) in [5.41, 5.74) is 10.4. The number of benzene rings is 1. The number of nitrogen functional groups attached to an aromatic ring is 1. The molecule has 14 heavy (non-hydrogen) atoms. The van der Waals surface area contributed by atoms with Gasteiger partial charge in [0.15, 0.2) is 0 Å². The van der Waals surface area contributed by atoms with Gasteiger partial charge in [-0.05, 0) is 18.2 Å². The van der Waals surface area contributed by atoms with Crippen LogP contribution in [0.2, 0.25) is 0 Å². The van der Waals surface area contributed by atoms with Crippen LogP contribution < -0.4 is 5.73 Å². The molecule has 0 unspecified atom stereocenters. The van der Waals surface area contributed by atoms with Crippen molar-refractivity contribution in [2.75, 3.05) is 5.73 Å². The van der Waals surface area contributed by atoms with Gasteiger partial charge in [-0.25, -0.2) is 4.98 Å². The maximum absolute atomic E-state index is 5.92. The van der Waals surface area contributed by atoms with Gasteiger partial charge < -0.3 is 5.73 Å². The third-order valence-corrected chi connectivity index (χ3v) is 3.09. The lowest BCUT2D eigenvalue weighted by Gasteiger charge is -2.00. The molecule has 2 aromatic heterocycles. The summed E-state index contributed by atoms with van der Waals surface area (Å²) in [6, 6.07) is 5.75. The minimum absolute atomic E-state index is 0.768. The van der Waals surface area contributed by atoms with Crippen molar-refractivity contribution in [2.24, 2.45) is 0 Å². The van der Waals surface area contributed by atoms with Crippen molar-refractivity contribution in [3.63, 3.8) is 0 Å². The lowest BCUT2D eigenvalue weighted by Crippen LogP contribution is -1.88. The zero-order valence-corrected chi connectivity index (χ0v) is 8.08. The van der Waals surface area contributed by atoms with Crippen molar-refractivity contribution in [1.29, 1.82) is 0 Å². The summed E-state index contributed by atoms with van der Waals surface area (Å²) in [5.74, 6) is 0. The van der Waals surface area contributed by atoms with Gasteiger partial charge in [0.05, 0.1) is 21.2 Å². The average Bonchev–Trinajstić information content (AvgIpc) is 2.65. The topological polar surface area (TPSA) is 51.8 Å². The van der Waals surface area contributed by atoms with Gasteiger partial charge in [-0.1, -0.05) is 0 Å². The number of aromatic nitrogens is 2. The molecule has 0 saturated heterocycles. The Hall–Kier alpha value is -1.68. The highest BCUT2D eigenvalue weighted by molar-refractivity contribution is 7.17. The molecule has 3 rings (SSSR count). The van der Waals surface area contributed by atoms with Crippen LogP contribution in [0.15, 0.2) is 29.9 Å². The Morgan fingerprint density at radius 3 is 2.86 bits per heavy atom. The molecule has 2 heterocycles. The van der Waals surface area contributed by atoms with Crippen molar-refractivity contribution in [3.05, 3.63) is 29.9 Å². The number of pyridine rings is 1. The molecular weight excluding hydrogens is 194 g/mol. The van der Waals surface area contributed by atoms with E-state index in [1.807, 2.05) is 23.7 Å². The molecule has 0 saturated carbocycles. The molecule has 0 aliphatic carbocycles. The van der Waals surface area contributed by atoms with Crippen LogP contribution in [0, 0.1) is 0 Å². The zero-order chi connectivity index (χ0) is 9.54. The van der Waals surface area contributed by atoms with E-state index in [1.54, 1.807) is 17.5 Å². The Morgan fingerprint density at radius 1 is 1.07 bits per heavy atom. The summed E-state index contributed by atoms with van der Waals surface area (Å²) < 4.78 is 1.12. The zero-order valence-electron chi connectivity index (χ0n) is 7.27. The fourth-order valence-electron chi connectivity index (χ4n) is 1.59. The van der Waals surface area contributed by atoms with Gasteiger partial charge >= 0.3 is 0 Å². The Morgan fingerprint density at radius 2 is 1.93 bits per heavy atom. The van der Waals surface area contributed by atoms with Crippen LogP contribution in [0.1, 0.15) is 0 Å². The molecular formula is C10H7N3S. The van der Waals surface area contributed by atoms with Gasteiger partial charge in [0.2, 0.25) is 0 Å². The molecule has 0 atom stereocenters. The van der Waals surface area contributed by atoms with Crippen LogP contribution in [-0.4, -0.2) is 9.97 Å². The fourth-order valence-corrected chi connectivity index (χ4v) is 2.44. The Labute approximate surface area is 84.2 Å². The normalized spacial score (nSPS) is 11.1. The first kappa shape index (κ1) is 7.70. The fraction of sp³-hybridized carbons (Fsp3) is 0. The van der Waals surface area contributed by atoms with Gasteiger partial charge in [0, 0.05) is 17.3 Å². The third kappa shape index (κ3) is 0.914. The molecule has 68 valence electrons. The van der Waals surface area contributed by atoms with Crippen molar-refractivity contribution >= 4 is 38.1 Å². The van der Waals surface area contributed by atoms with Crippen molar-refractivity contribution < 1.29 is 0 Å². The summed E-state index contributed by atoms with van der Waals surface area (Å²) in [4.78, 5) is 8.52. The standard InChI is InChI=1S/C10H7N3S/c11-6-3-4-12-7-1-2-8-10(9(6)7)14-5-13-8/h1-5H,(H2,11,12). The van der Waals surface area contributed by atoms with E-state index in [0.717, 1.165) is 26.8 Å². The van der Waals surface area contributed by atoms with E-state index in [9.17, 15) is 0 Å². The number of rotatable bonds is 0. The number of nitrogens with two attached hydrogens (primary N) is 1. The lowest BCUT2D eigenvalue weighted by atomic mass is 10.2. The number of hydrogen-bond acceptors (Lipinski definition) is 4. The second-order valence-electron chi connectivity index (χ2n) is 3.06. The maximum Gasteiger partial charge on any atom is 0.0820 e. The summed E-state index contributed by atoms with van der Waals surface area (Å²) in [7, 11) is 0. The quantitative estimate of drug-likeness (QED) is 0.607. The molecule has 0 amide bonds. The van der Waals surface area contributed by atoms with Gasteiger partial charge in [0.1, 0.15) is 0 Å². The maximum atomic E-state index is 5.92. The molecule has 3 nitrogen and oxygen atoms in total. The second kappa shape index (κ2) is 2.65. The Kier molecular flexibility index (Phi) is 1.46. The van der Waals surface area contributed by atoms with Crippen molar-refractivity contribution in [2.45, 2.75) is 0 Å². The first-order valence-corrected chi connectivity index (χ1v) is 5.10. The minimum atomic E-state index is 0.768. The first-order chi connectivity index (χ1) is 6.86. The molecule has 0 radical (unpaired) electrons. The van der Waals surface area contributed by atoms with E-state index in [1.165, 1.54) is 0 Å². The van der Waals surface area contributed by atoms with Crippen LogP contribution in [0.25, 0.3) is 21.1 Å². The van der Waals surface area contributed by atoms with Crippen LogP contribution in [0.5, 0.6) is 0 Å². The van der Waals surface area contributed by atoms with E-state index >= 15 is 0 Å². The molecule has 0 spiro atoms. The Bertz CT molecular complexity index is 615. The highest BCUT2D eigenvalue weighted by atomic mass is 32.1. The van der Waals surface area contributed by atoms with Gasteiger partial charge in [-0.3, -0.25) is 4.98 Å². The van der Waals surface area contributed by atoms with Crippen LogP contribution in [-0.2, 0) is 0 Å². The number of nitrogens with zero attached hydrogens (tertiary/aromatic N) is 2. The summed E-state index contributed by atoms with van der Waals surface area (Å²) in [6.07, 6.45) is 1.73. The predicted molar refractivity (Wildman–Crippen MR) is 59.3 cm³/mol. The van der Waals surface area contributed by atoms with Crippen molar-refractivity contribution in [1.82, 2.24) is 9.97 Å². The number of anilines is 1. The summed E-state index contributed by atoms with van der Waals surface area (Å²) in [5, 5.41) is 1.02. The molecule has 2 N–H and O–H groups in total. The number of hydrogen-bond donors (Lipinski definition) is 1. The first-order valence-electron chi connectivity index (χ1n) is 4.22. The Balaban J connectivity index is 2.67. The van der Waals surface area contributed by atoms with Crippen molar-refractivity contribution in [3.8, 4) is 0 Å². The van der Waals surface area contributed by atoms with Gasteiger partial charge in [-0.2, -0.15) is 0 Å². The smallest absolute Gasteiger partial charge is 0.0820 e. The largest absolute Gasteiger partial charge is 0.398 e. The van der Waals surface area contributed by atoms with Gasteiger partial charge in [0.25, 0.3) is 0 Å². The van der Waals surface area contributed by atoms with E-state index < -0.39 is 0 Å². The summed E-state index contributed by atoms with van der Waals surface area (Å²) in [6.45, 7) is 0. The van der Waals surface area contributed by atoms with Crippen LogP contribution in [0.4, 0.5) is 5.69 Å². The van der Waals surface area contributed by atoms with Crippen LogP contribution in [0.3, 0.4) is 0 Å². The molecule has 0 aliphatic rings. The monoisotopic (exact) mass is 201 g/mol. The molecule has 3 aromatic rings. The molecule has 1 aromatic carbocycles. The SMILES string of the molecule is Nc1ccnc2ccc3ncsc3c12.